The van der Waals surface area contributed by atoms with Gasteiger partial charge in [-0.15, -0.1) is 0 Å². The normalized spacial score (nSPS) is 10.4. The average molecular weight is 234 g/mol. The number of rotatable bonds is 5. The van der Waals surface area contributed by atoms with E-state index >= 15 is 0 Å². The second kappa shape index (κ2) is 6.28. The standard InChI is InChI=1S/C14H22N2O/c1-11(2)8-9-15-14(17)12-6-5-7-13(10-12)16(3)4/h5-7,10-11H,8-9H2,1-4H3,(H,15,17). The highest BCUT2D eigenvalue weighted by Gasteiger charge is 2.06. The Labute approximate surface area is 104 Å². The Morgan fingerprint density at radius 1 is 1.35 bits per heavy atom. The number of carbonyl (C=O) groups is 1. The summed E-state index contributed by atoms with van der Waals surface area (Å²) in [5.41, 5.74) is 1.77. The molecule has 0 fully saturated rings. The van der Waals surface area contributed by atoms with E-state index in [1.54, 1.807) is 0 Å². The van der Waals surface area contributed by atoms with Gasteiger partial charge in [-0.1, -0.05) is 19.9 Å². The summed E-state index contributed by atoms with van der Waals surface area (Å²) in [4.78, 5) is 13.9. The van der Waals surface area contributed by atoms with Crippen LogP contribution in [-0.2, 0) is 0 Å². The molecule has 0 aliphatic rings. The molecule has 0 heterocycles. The van der Waals surface area contributed by atoms with Crippen LogP contribution < -0.4 is 10.2 Å². The predicted molar refractivity (Wildman–Crippen MR) is 72.6 cm³/mol. The Balaban J connectivity index is 2.59. The van der Waals surface area contributed by atoms with Crippen molar-refractivity contribution in [1.82, 2.24) is 5.32 Å². The van der Waals surface area contributed by atoms with E-state index in [9.17, 15) is 4.79 Å². The van der Waals surface area contributed by atoms with E-state index in [-0.39, 0.29) is 5.91 Å². The van der Waals surface area contributed by atoms with Gasteiger partial charge in [-0.2, -0.15) is 0 Å². The first-order chi connectivity index (χ1) is 8.00. The first-order valence-corrected chi connectivity index (χ1v) is 6.06. The maximum Gasteiger partial charge on any atom is 0.251 e. The van der Waals surface area contributed by atoms with Crippen molar-refractivity contribution in [3.8, 4) is 0 Å². The molecule has 17 heavy (non-hydrogen) atoms. The predicted octanol–water partition coefficient (Wildman–Crippen LogP) is 2.53. The van der Waals surface area contributed by atoms with Crippen LogP contribution in [0.5, 0.6) is 0 Å². The molecule has 0 bridgehead atoms. The van der Waals surface area contributed by atoms with Crippen LogP contribution >= 0.6 is 0 Å². The molecule has 1 N–H and O–H groups in total. The van der Waals surface area contributed by atoms with Crippen molar-refractivity contribution in [2.45, 2.75) is 20.3 Å². The van der Waals surface area contributed by atoms with E-state index in [4.69, 9.17) is 0 Å². The van der Waals surface area contributed by atoms with Gasteiger partial charge in [0.05, 0.1) is 0 Å². The quantitative estimate of drug-likeness (QED) is 0.849. The van der Waals surface area contributed by atoms with Crippen LogP contribution in [0.2, 0.25) is 0 Å². The summed E-state index contributed by atoms with van der Waals surface area (Å²) in [7, 11) is 3.94. The van der Waals surface area contributed by atoms with Gasteiger partial charge in [-0.05, 0) is 30.5 Å². The third kappa shape index (κ3) is 4.47. The van der Waals surface area contributed by atoms with Crippen molar-refractivity contribution in [2.24, 2.45) is 5.92 Å². The van der Waals surface area contributed by atoms with Crippen LogP contribution in [-0.4, -0.2) is 26.5 Å². The van der Waals surface area contributed by atoms with E-state index in [0.29, 0.717) is 5.92 Å². The second-order valence-electron chi connectivity index (χ2n) is 4.88. The van der Waals surface area contributed by atoms with Gasteiger partial charge in [0.1, 0.15) is 0 Å². The molecule has 0 aliphatic heterocycles. The molecule has 3 heteroatoms. The molecule has 0 saturated carbocycles. The van der Waals surface area contributed by atoms with Gasteiger partial charge in [-0.25, -0.2) is 0 Å². The van der Waals surface area contributed by atoms with Crippen molar-refractivity contribution in [3.63, 3.8) is 0 Å². The summed E-state index contributed by atoms with van der Waals surface area (Å²) in [6.45, 7) is 5.04. The number of hydrogen-bond donors (Lipinski definition) is 1. The number of nitrogens with zero attached hydrogens (tertiary/aromatic N) is 1. The minimum absolute atomic E-state index is 0.00866. The first kappa shape index (κ1) is 13.6. The summed E-state index contributed by atoms with van der Waals surface area (Å²) in [5.74, 6) is 0.623. The highest BCUT2D eigenvalue weighted by atomic mass is 16.1. The number of hydrogen-bond acceptors (Lipinski definition) is 2. The van der Waals surface area contributed by atoms with Crippen molar-refractivity contribution >= 4 is 11.6 Å². The molecular formula is C14H22N2O. The largest absolute Gasteiger partial charge is 0.378 e. The Kier molecular flexibility index (Phi) is 5.01. The summed E-state index contributed by atoms with van der Waals surface area (Å²) in [6, 6.07) is 7.65. The zero-order valence-electron chi connectivity index (χ0n) is 11.2. The second-order valence-corrected chi connectivity index (χ2v) is 4.88. The summed E-state index contributed by atoms with van der Waals surface area (Å²) in [5, 5.41) is 2.94. The van der Waals surface area contributed by atoms with Crippen LogP contribution in [0.3, 0.4) is 0 Å². The third-order valence-corrected chi connectivity index (χ3v) is 2.63. The Bertz CT molecular complexity index is 372. The number of anilines is 1. The van der Waals surface area contributed by atoms with E-state index in [1.165, 1.54) is 0 Å². The van der Waals surface area contributed by atoms with Crippen LogP contribution in [0.1, 0.15) is 30.6 Å². The summed E-state index contributed by atoms with van der Waals surface area (Å²) >= 11 is 0. The Morgan fingerprint density at radius 2 is 2.06 bits per heavy atom. The van der Waals surface area contributed by atoms with Crippen LogP contribution in [0, 0.1) is 5.92 Å². The smallest absolute Gasteiger partial charge is 0.251 e. The van der Waals surface area contributed by atoms with Gasteiger partial charge in [0.2, 0.25) is 0 Å². The van der Waals surface area contributed by atoms with Gasteiger partial charge in [0, 0.05) is 31.9 Å². The number of benzene rings is 1. The van der Waals surface area contributed by atoms with E-state index in [0.717, 1.165) is 24.2 Å². The van der Waals surface area contributed by atoms with E-state index < -0.39 is 0 Å². The monoisotopic (exact) mass is 234 g/mol. The fourth-order valence-electron chi connectivity index (χ4n) is 1.50. The van der Waals surface area contributed by atoms with Gasteiger partial charge in [0.15, 0.2) is 0 Å². The first-order valence-electron chi connectivity index (χ1n) is 6.06. The van der Waals surface area contributed by atoms with Crippen molar-refractivity contribution in [1.29, 1.82) is 0 Å². The van der Waals surface area contributed by atoms with Crippen molar-refractivity contribution in [2.75, 3.05) is 25.5 Å². The fourth-order valence-corrected chi connectivity index (χ4v) is 1.50. The maximum atomic E-state index is 11.9. The molecule has 0 atom stereocenters. The Morgan fingerprint density at radius 3 is 2.65 bits per heavy atom. The zero-order valence-corrected chi connectivity index (χ0v) is 11.2. The average Bonchev–Trinajstić information content (AvgIpc) is 2.28. The van der Waals surface area contributed by atoms with Gasteiger partial charge in [-0.3, -0.25) is 4.79 Å². The van der Waals surface area contributed by atoms with Crippen LogP contribution in [0.25, 0.3) is 0 Å². The fraction of sp³-hybridized carbons (Fsp3) is 0.500. The third-order valence-electron chi connectivity index (χ3n) is 2.63. The van der Waals surface area contributed by atoms with Crippen molar-refractivity contribution < 1.29 is 4.79 Å². The minimum atomic E-state index is 0.00866. The minimum Gasteiger partial charge on any atom is -0.378 e. The van der Waals surface area contributed by atoms with Gasteiger partial charge < -0.3 is 10.2 Å². The molecule has 1 aromatic rings. The molecule has 0 radical (unpaired) electrons. The molecule has 94 valence electrons. The molecule has 3 nitrogen and oxygen atoms in total. The Hall–Kier alpha value is -1.51. The number of carbonyl (C=O) groups excluding carboxylic acids is 1. The maximum absolute atomic E-state index is 11.9. The molecule has 1 aromatic carbocycles. The van der Waals surface area contributed by atoms with Gasteiger partial charge >= 0.3 is 0 Å². The summed E-state index contributed by atoms with van der Waals surface area (Å²) in [6.07, 6.45) is 1.01. The zero-order chi connectivity index (χ0) is 12.8. The molecule has 0 saturated heterocycles. The number of amides is 1. The van der Waals surface area contributed by atoms with Crippen LogP contribution in [0.4, 0.5) is 5.69 Å². The lowest BCUT2D eigenvalue weighted by Gasteiger charge is -2.13. The SMILES string of the molecule is CC(C)CCNC(=O)c1cccc(N(C)C)c1. The molecule has 0 aromatic heterocycles. The molecule has 0 spiro atoms. The highest BCUT2D eigenvalue weighted by molar-refractivity contribution is 5.95. The van der Waals surface area contributed by atoms with E-state index in [1.807, 2.05) is 43.3 Å². The molecule has 1 rings (SSSR count). The van der Waals surface area contributed by atoms with Gasteiger partial charge in [0.25, 0.3) is 5.91 Å². The lowest BCUT2D eigenvalue weighted by molar-refractivity contribution is 0.0952. The topological polar surface area (TPSA) is 32.3 Å². The van der Waals surface area contributed by atoms with E-state index in [2.05, 4.69) is 19.2 Å². The van der Waals surface area contributed by atoms with Crippen molar-refractivity contribution in [3.05, 3.63) is 29.8 Å². The molecule has 0 aliphatic carbocycles. The lowest BCUT2D eigenvalue weighted by atomic mass is 10.1. The molecule has 0 unspecified atom stereocenters. The molecular weight excluding hydrogens is 212 g/mol. The highest BCUT2D eigenvalue weighted by Crippen LogP contribution is 2.13. The number of nitrogens with one attached hydrogen (secondary N) is 1. The lowest BCUT2D eigenvalue weighted by Crippen LogP contribution is -2.25. The molecule has 1 amide bonds. The van der Waals surface area contributed by atoms with Crippen LogP contribution in [0.15, 0.2) is 24.3 Å². The summed E-state index contributed by atoms with van der Waals surface area (Å²) < 4.78 is 0.